The number of carbonyl (C=O) groups is 2. The van der Waals surface area contributed by atoms with Gasteiger partial charge in [0.2, 0.25) is 5.82 Å². The molecule has 0 aliphatic carbocycles. The van der Waals surface area contributed by atoms with Crippen LogP contribution in [0.2, 0.25) is 0 Å². The topological polar surface area (TPSA) is 75.5 Å². The first-order valence-electron chi connectivity index (χ1n) is 8.58. The predicted molar refractivity (Wildman–Crippen MR) is 94.2 cm³/mol. The van der Waals surface area contributed by atoms with Gasteiger partial charge in [0.15, 0.2) is 5.69 Å². The van der Waals surface area contributed by atoms with Gasteiger partial charge in [0.05, 0.1) is 5.52 Å². The van der Waals surface area contributed by atoms with Crippen molar-refractivity contribution in [2.45, 2.75) is 40.0 Å². The average Bonchev–Trinajstić information content (AvgIpc) is 2.96. The molecule has 2 rings (SSSR count). The number of pyridine rings is 1. The van der Waals surface area contributed by atoms with Gasteiger partial charge in [-0.2, -0.15) is 0 Å². The summed E-state index contributed by atoms with van der Waals surface area (Å²) >= 11 is 0. The third kappa shape index (κ3) is 4.34. The fraction of sp³-hybridized carbons (Fsp3) is 0.500. The van der Waals surface area contributed by atoms with Gasteiger partial charge in [-0.1, -0.05) is 39.7 Å². The number of carbonyl (C=O) groups excluding carboxylic acids is 2. The number of amides is 2. The Labute approximate surface area is 142 Å². The summed E-state index contributed by atoms with van der Waals surface area (Å²) < 4.78 is 1.66. The van der Waals surface area contributed by atoms with Gasteiger partial charge in [0, 0.05) is 19.3 Å². The number of unbranched alkanes of at least 4 members (excludes halogenated alkanes) is 2. The second kappa shape index (κ2) is 8.47. The summed E-state index contributed by atoms with van der Waals surface area (Å²) in [5.41, 5.74) is 0.932. The lowest BCUT2D eigenvalue weighted by Crippen LogP contribution is -2.29. The quantitative estimate of drug-likeness (QED) is 0.731. The minimum Gasteiger partial charge on any atom is -0.351 e. The maximum atomic E-state index is 12.4. The smallest absolute Gasteiger partial charge is 0.287 e. The summed E-state index contributed by atoms with van der Waals surface area (Å²) in [4.78, 5) is 29.1. The second-order valence-electron chi connectivity index (χ2n) is 6.31. The van der Waals surface area contributed by atoms with Crippen LogP contribution in [-0.2, 0) is 0 Å². The Morgan fingerprint density at radius 1 is 1.17 bits per heavy atom. The molecule has 0 radical (unpaired) electrons. The first-order chi connectivity index (χ1) is 11.5. The maximum Gasteiger partial charge on any atom is 0.287 e. The van der Waals surface area contributed by atoms with Crippen molar-refractivity contribution in [3.05, 3.63) is 35.9 Å². The van der Waals surface area contributed by atoms with E-state index in [2.05, 4.69) is 22.5 Å². The summed E-state index contributed by atoms with van der Waals surface area (Å²) in [6, 6.07) is 5.45. The van der Waals surface area contributed by atoms with Gasteiger partial charge in [-0.3, -0.25) is 14.0 Å². The van der Waals surface area contributed by atoms with E-state index in [1.54, 1.807) is 16.7 Å². The summed E-state index contributed by atoms with van der Waals surface area (Å²) in [6.07, 6.45) is 4.87. The Morgan fingerprint density at radius 2 is 1.96 bits per heavy atom. The molecular formula is C18H26N4O2. The fourth-order valence-electron chi connectivity index (χ4n) is 2.40. The van der Waals surface area contributed by atoms with Crippen molar-refractivity contribution in [1.82, 2.24) is 20.0 Å². The number of nitrogens with zero attached hydrogens (tertiary/aromatic N) is 2. The summed E-state index contributed by atoms with van der Waals surface area (Å²) in [5, 5.41) is 5.73. The molecule has 0 bridgehead atoms. The van der Waals surface area contributed by atoms with Crippen LogP contribution in [0, 0.1) is 5.92 Å². The van der Waals surface area contributed by atoms with Crippen molar-refractivity contribution in [1.29, 1.82) is 0 Å². The molecular weight excluding hydrogens is 304 g/mol. The zero-order valence-corrected chi connectivity index (χ0v) is 14.6. The molecule has 0 spiro atoms. The van der Waals surface area contributed by atoms with E-state index in [-0.39, 0.29) is 17.6 Å². The molecule has 2 heterocycles. The van der Waals surface area contributed by atoms with Crippen LogP contribution in [0.5, 0.6) is 0 Å². The SMILES string of the molecule is CCCCCNC(=O)c1nc(C(=O)NCC(C)C)n2ccccc12. The van der Waals surface area contributed by atoms with E-state index in [1.165, 1.54) is 0 Å². The van der Waals surface area contributed by atoms with E-state index in [9.17, 15) is 9.59 Å². The normalized spacial score (nSPS) is 11.0. The van der Waals surface area contributed by atoms with Crippen LogP contribution in [0.1, 0.15) is 61.1 Å². The molecule has 2 aromatic heterocycles. The third-order valence-corrected chi connectivity index (χ3v) is 3.70. The lowest BCUT2D eigenvalue weighted by Gasteiger charge is -2.06. The monoisotopic (exact) mass is 330 g/mol. The molecule has 6 heteroatoms. The number of nitrogens with one attached hydrogen (secondary N) is 2. The van der Waals surface area contributed by atoms with Crippen LogP contribution < -0.4 is 10.6 Å². The van der Waals surface area contributed by atoms with Crippen molar-refractivity contribution in [2.75, 3.05) is 13.1 Å². The van der Waals surface area contributed by atoms with E-state index >= 15 is 0 Å². The number of rotatable bonds is 8. The first-order valence-corrected chi connectivity index (χ1v) is 8.58. The molecule has 2 amide bonds. The largest absolute Gasteiger partial charge is 0.351 e. The Balaban J connectivity index is 2.21. The van der Waals surface area contributed by atoms with E-state index in [1.807, 2.05) is 26.0 Å². The van der Waals surface area contributed by atoms with Crippen LogP contribution in [-0.4, -0.2) is 34.3 Å². The average molecular weight is 330 g/mol. The first kappa shape index (κ1) is 18.0. The van der Waals surface area contributed by atoms with Crippen molar-refractivity contribution in [2.24, 2.45) is 5.92 Å². The minimum absolute atomic E-state index is 0.238. The zero-order valence-electron chi connectivity index (χ0n) is 14.6. The molecule has 0 aliphatic rings. The van der Waals surface area contributed by atoms with Gasteiger partial charge in [0.1, 0.15) is 0 Å². The molecule has 2 aromatic rings. The van der Waals surface area contributed by atoms with E-state index in [0.29, 0.717) is 30.2 Å². The second-order valence-corrected chi connectivity index (χ2v) is 6.31. The van der Waals surface area contributed by atoms with E-state index in [4.69, 9.17) is 0 Å². The van der Waals surface area contributed by atoms with E-state index < -0.39 is 0 Å². The van der Waals surface area contributed by atoms with Gasteiger partial charge >= 0.3 is 0 Å². The molecule has 0 fully saturated rings. The van der Waals surface area contributed by atoms with Gasteiger partial charge in [-0.15, -0.1) is 0 Å². The summed E-state index contributed by atoms with van der Waals surface area (Å²) in [5.74, 6) is 0.0825. The third-order valence-electron chi connectivity index (χ3n) is 3.70. The molecule has 2 N–H and O–H groups in total. The highest BCUT2D eigenvalue weighted by Gasteiger charge is 2.21. The van der Waals surface area contributed by atoms with Crippen LogP contribution >= 0.6 is 0 Å². The van der Waals surface area contributed by atoms with Crippen LogP contribution in [0.4, 0.5) is 0 Å². The van der Waals surface area contributed by atoms with Crippen LogP contribution in [0.25, 0.3) is 5.52 Å². The zero-order chi connectivity index (χ0) is 17.5. The number of hydrogen-bond acceptors (Lipinski definition) is 3. The van der Waals surface area contributed by atoms with Crippen molar-refractivity contribution in [3.63, 3.8) is 0 Å². The Bertz CT molecular complexity index is 706. The highest BCUT2D eigenvalue weighted by atomic mass is 16.2. The number of aromatic nitrogens is 2. The molecule has 6 nitrogen and oxygen atoms in total. The number of imidazole rings is 1. The van der Waals surface area contributed by atoms with Gasteiger partial charge in [0.25, 0.3) is 11.8 Å². The Hall–Kier alpha value is -2.37. The highest BCUT2D eigenvalue weighted by molar-refractivity contribution is 6.02. The lowest BCUT2D eigenvalue weighted by molar-refractivity contribution is 0.0938. The van der Waals surface area contributed by atoms with Gasteiger partial charge < -0.3 is 10.6 Å². The summed E-state index contributed by atoms with van der Waals surface area (Å²) in [6.45, 7) is 7.36. The van der Waals surface area contributed by atoms with Gasteiger partial charge in [-0.25, -0.2) is 4.98 Å². The molecule has 130 valence electrons. The molecule has 0 saturated carbocycles. The Morgan fingerprint density at radius 3 is 2.67 bits per heavy atom. The van der Waals surface area contributed by atoms with Crippen molar-refractivity contribution >= 4 is 17.3 Å². The molecule has 0 unspecified atom stereocenters. The van der Waals surface area contributed by atoms with E-state index in [0.717, 1.165) is 19.3 Å². The molecule has 0 atom stereocenters. The van der Waals surface area contributed by atoms with Crippen molar-refractivity contribution in [3.8, 4) is 0 Å². The van der Waals surface area contributed by atoms with Crippen molar-refractivity contribution < 1.29 is 9.59 Å². The lowest BCUT2D eigenvalue weighted by atomic mass is 10.2. The maximum absolute atomic E-state index is 12.4. The fourth-order valence-corrected chi connectivity index (χ4v) is 2.40. The minimum atomic E-state index is -0.269. The van der Waals surface area contributed by atoms with Crippen LogP contribution in [0.15, 0.2) is 24.4 Å². The Kier molecular flexibility index (Phi) is 6.35. The number of hydrogen-bond donors (Lipinski definition) is 2. The molecule has 0 saturated heterocycles. The molecule has 24 heavy (non-hydrogen) atoms. The number of fused-ring (bicyclic) bond motifs is 1. The van der Waals surface area contributed by atoms with Crippen LogP contribution in [0.3, 0.4) is 0 Å². The summed E-state index contributed by atoms with van der Waals surface area (Å²) in [7, 11) is 0. The molecule has 0 aromatic carbocycles. The van der Waals surface area contributed by atoms with Gasteiger partial charge in [-0.05, 0) is 24.5 Å². The highest BCUT2D eigenvalue weighted by Crippen LogP contribution is 2.13. The molecule has 0 aliphatic heterocycles. The standard InChI is InChI=1S/C18H26N4O2/c1-4-5-7-10-19-17(23)15-14-9-6-8-11-22(14)16(21-15)18(24)20-12-13(2)3/h6,8-9,11,13H,4-5,7,10,12H2,1-3H3,(H,19,23)(H,20,24). The predicted octanol–water partition coefficient (Wildman–Crippen LogP) is 2.64.